The Bertz CT molecular complexity index is 193. The van der Waals surface area contributed by atoms with Crippen LogP contribution >= 0.6 is 0 Å². The Morgan fingerprint density at radius 2 is 2.36 bits per heavy atom. The van der Waals surface area contributed by atoms with Gasteiger partial charge < -0.3 is 15.0 Å². The van der Waals surface area contributed by atoms with Crippen LogP contribution in [0, 0.1) is 5.92 Å². The number of ether oxygens (including phenoxy) is 1. The molecule has 0 radical (unpaired) electrons. The molecule has 0 aliphatic carbocycles. The highest BCUT2D eigenvalue weighted by Gasteiger charge is 2.28. The number of amides is 1. The number of nitrogens with one attached hydrogen (secondary N) is 1. The first-order chi connectivity index (χ1) is 6.65. The van der Waals surface area contributed by atoms with E-state index in [1.54, 1.807) is 0 Å². The van der Waals surface area contributed by atoms with E-state index < -0.39 is 0 Å². The lowest BCUT2D eigenvalue weighted by Gasteiger charge is -2.33. The van der Waals surface area contributed by atoms with Gasteiger partial charge in [0.15, 0.2) is 0 Å². The van der Waals surface area contributed by atoms with Gasteiger partial charge in [0.05, 0.1) is 6.61 Å². The van der Waals surface area contributed by atoms with Gasteiger partial charge in [0.25, 0.3) is 5.91 Å². The highest BCUT2D eigenvalue weighted by Crippen LogP contribution is 2.08. The number of likely N-dealkylation sites (N-methyl/N-ethyl adjacent to an activating group) is 1. The van der Waals surface area contributed by atoms with Crippen LogP contribution in [0.25, 0.3) is 0 Å². The molecule has 1 N–H and O–H groups in total. The normalized spacial score (nSPS) is 23.3. The highest BCUT2D eigenvalue weighted by atomic mass is 16.5. The van der Waals surface area contributed by atoms with Crippen molar-refractivity contribution in [1.29, 1.82) is 0 Å². The molecule has 1 heterocycles. The average molecular weight is 200 g/mol. The summed E-state index contributed by atoms with van der Waals surface area (Å²) in [6.07, 6.45) is -0.285. The number of hydrogen-bond acceptors (Lipinski definition) is 3. The predicted octanol–water partition coefficient (Wildman–Crippen LogP) is 0.0892. The Morgan fingerprint density at radius 1 is 1.64 bits per heavy atom. The van der Waals surface area contributed by atoms with Gasteiger partial charge in [0.1, 0.15) is 6.10 Å². The number of morpholine rings is 1. The van der Waals surface area contributed by atoms with E-state index in [0.29, 0.717) is 19.1 Å². The molecule has 1 unspecified atom stereocenters. The van der Waals surface area contributed by atoms with Gasteiger partial charge in [0, 0.05) is 19.6 Å². The van der Waals surface area contributed by atoms with Gasteiger partial charge in [-0.25, -0.2) is 0 Å². The Kier molecular flexibility index (Phi) is 4.35. The number of rotatable bonds is 4. The molecule has 1 amide bonds. The molecule has 1 fully saturated rings. The maximum atomic E-state index is 11.8. The van der Waals surface area contributed by atoms with Crippen LogP contribution in [-0.2, 0) is 9.53 Å². The van der Waals surface area contributed by atoms with Gasteiger partial charge in [-0.05, 0) is 13.0 Å². The van der Waals surface area contributed by atoms with Crippen LogP contribution in [0.15, 0.2) is 0 Å². The van der Waals surface area contributed by atoms with Crippen LogP contribution in [-0.4, -0.2) is 50.2 Å². The maximum absolute atomic E-state index is 11.8. The second-order valence-corrected chi connectivity index (χ2v) is 4.10. The first kappa shape index (κ1) is 11.5. The maximum Gasteiger partial charge on any atom is 0.253 e. The lowest BCUT2D eigenvalue weighted by molar-refractivity contribution is -0.152. The third-order valence-corrected chi connectivity index (χ3v) is 2.24. The summed E-state index contributed by atoms with van der Waals surface area (Å²) in [6, 6.07) is 0. The molecule has 1 aliphatic heterocycles. The first-order valence-electron chi connectivity index (χ1n) is 5.20. The molecule has 14 heavy (non-hydrogen) atoms. The van der Waals surface area contributed by atoms with Crippen LogP contribution in [0.5, 0.6) is 0 Å². The van der Waals surface area contributed by atoms with Gasteiger partial charge >= 0.3 is 0 Å². The second kappa shape index (κ2) is 5.32. The third-order valence-electron chi connectivity index (χ3n) is 2.24. The van der Waals surface area contributed by atoms with E-state index in [4.69, 9.17) is 4.74 Å². The van der Waals surface area contributed by atoms with E-state index in [2.05, 4.69) is 19.2 Å². The highest BCUT2D eigenvalue weighted by molar-refractivity contribution is 5.81. The lowest BCUT2D eigenvalue weighted by atomic mass is 10.1. The van der Waals surface area contributed by atoms with Crippen molar-refractivity contribution >= 4 is 5.91 Å². The van der Waals surface area contributed by atoms with Gasteiger partial charge in [-0.15, -0.1) is 0 Å². The molecule has 0 aromatic heterocycles. The van der Waals surface area contributed by atoms with Crippen molar-refractivity contribution in [1.82, 2.24) is 10.2 Å². The molecule has 0 bridgehead atoms. The van der Waals surface area contributed by atoms with E-state index in [9.17, 15) is 4.79 Å². The molecule has 0 spiro atoms. The zero-order valence-electron chi connectivity index (χ0n) is 9.25. The Balaban J connectivity index is 2.48. The summed E-state index contributed by atoms with van der Waals surface area (Å²) in [6.45, 7) is 7.07. The smallest absolute Gasteiger partial charge is 0.253 e. The van der Waals surface area contributed by atoms with Crippen LogP contribution in [0.1, 0.15) is 13.8 Å². The molecule has 4 heteroatoms. The fourth-order valence-corrected chi connectivity index (χ4v) is 1.64. The molecule has 1 aliphatic rings. The lowest BCUT2D eigenvalue weighted by Crippen LogP contribution is -2.51. The molecule has 1 saturated heterocycles. The number of nitrogens with zero attached hydrogens (tertiary/aromatic N) is 1. The van der Waals surface area contributed by atoms with Crippen molar-refractivity contribution in [3.05, 3.63) is 0 Å². The topological polar surface area (TPSA) is 41.6 Å². The minimum Gasteiger partial charge on any atom is -0.365 e. The van der Waals surface area contributed by atoms with Crippen molar-refractivity contribution < 1.29 is 9.53 Å². The molecule has 1 atom stereocenters. The second-order valence-electron chi connectivity index (χ2n) is 4.10. The molecule has 0 aromatic carbocycles. The van der Waals surface area contributed by atoms with Crippen LogP contribution in [0.2, 0.25) is 0 Å². The van der Waals surface area contributed by atoms with Gasteiger partial charge in [-0.1, -0.05) is 13.8 Å². The van der Waals surface area contributed by atoms with Crippen LogP contribution < -0.4 is 5.32 Å². The SMILES string of the molecule is CNCC1OCCN(CC(C)C)C1=O. The summed E-state index contributed by atoms with van der Waals surface area (Å²) in [4.78, 5) is 13.7. The Hall–Kier alpha value is -0.610. The quantitative estimate of drug-likeness (QED) is 0.699. The minimum atomic E-state index is -0.285. The van der Waals surface area contributed by atoms with Crippen molar-refractivity contribution in [3.63, 3.8) is 0 Å². The van der Waals surface area contributed by atoms with Crippen LogP contribution in [0.3, 0.4) is 0 Å². The summed E-state index contributed by atoms with van der Waals surface area (Å²) in [5, 5.41) is 2.97. The molecular formula is C10H20N2O2. The third kappa shape index (κ3) is 2.96. The zero-order valence-corrected chi connectivity index (χ0v) is 9.25. The van der Waals surface area contributed by atoms with Gasteiger partial charge in [-0.3, -0.25) is 4.79 Å². The van der Waals surface area contributed by atoms with Crippen molar-refractivity contribution in [3.8, 4) is 0 Å². The van der Waals surface area contributed by atoms with E-state index in [0.717, 1.165) is 13.1 Å². The summed E-state index contributed by atoms with van der Waals surface area (Å²) in [5.41, 5.74) is 0. The fourth-order valence-electron chi connectivity index (χ4n) is 1.64. The van der Waals surface area contributed by atoms with E-state index in [1.807, 2.05) is 11.9 Å². The summed E-state index contributed by atoms with van der Waals surface area (Å²) >= 11 is 0. The molecule has 82 valence electrons. The summed E-state index contributed by atoms with van der Waals surface area (Å²) < 4.78 is 5.39. The predicted molar refractivity (Wildman–Crippen MR) is 55.1 cm³/mol. The van der Waals surface area contributed by atoms with E-state index in [-0.39, 0.29) is 12.0 Å². The number of carbonyl (C=O) groups excluding carboxylic acids is 1. The van der Waals surface area contributed by atoms with E-state index in [1.165, 1.54) is 0 Å². The standard InChI is InChI=1S/C10H20N2O2/c1-8(2)7-12-4-5-14-9(6-11-3)10(12)13/h8-9,11H,4-7H2,1-3H3. The number of hydrogen-bond donors (Lipinski definition) is 1. The summed E-state index contributed by atoms with van der Waals surface area (Å²) in [5.74, 6) is 0.645. The van der Waals surface area contributed by atoms with Gasteiger partial charge in [0.2, 0.25) is 0 Å². The minimum absolute atomic E-state index is 0.124. The zero-order chi connectivity index (χ0) is 10.6. The molecule has 0 saturated carbocycles. The first-order valence-corrected chi connectivity index (χ1v) is 5.20. The monoisotopic (exact) mass is 200 g/mol. The van der Waals surface area contributed by atoms with Gasteiger partial charge in [-0.2, -0.15) is 0 Å². The van der Waals surface area contributed by atoms with Crippen molar-refractivity contribution in [2.24, 2.45) is 5.92 Å². The van der Waals surface area contributed by atoms with Crippen molar-refractivity contribution in [2.45, 2.75) is 20.0 Å². The molecule has 0 aromatic rings. The van der Waals surface area contributed by atoms with E-state index >= 15 is 0 Å². The average Bonchev–Trinajstić information content (AvgIpc) is 2.11. The van der Waals surface area contributed by atoms with Crippen LogP contribution in [0.4, 0.5) is 0 Å². The largest absolute Gasteiger partial charge is 0.365 e. The fraction of sp³-hybridized carbons (Fsp3) is 0.900. The molecule has 1 rings (SSSR count). The summed E-state index contributed by atoms with van der Waals surface area (Å²) in [7, 11) is 1.83. The molecule has 4 nitrogen and oxygen atoms in total. The molecular weight excluding hydrogens is 180 g/mol. The Labute approximate surface area is 85.6 Å². The Morgan fingerprint density at radius 3 is 2.93 bits per heavy atom. The van der Waals surface area contributed by atoms with Crippen molar-refractivity contribution in [2.75, 3.05) is 33.3 Å². The number of carbonyl (C=O) groups is 1.